The molecule has 1 saturated heterocycles. The molecule has 0 aliphatic carbocycles. The number of nitrogens with one attached hydrogen (secondary N) is 1. The molecule has 1 heterocycles. The van der Waals surface area contributed by atoms with Gasteiger partial charge in [0.05, 0.1) is 11.6 Å². The van der Waals surface area contributed by atoms with Crippen LogP contribution in [0.4, 0.5) is 9.59 Å². The first-order chi connectivity index (χ1) is 13.6. The molecular weight excluding hydrogens is 376 g/mol. The first-order valence-electron chi connectivity index (χ1n) is 9.34. The van der Waals surface area contributed by atoms with Crippen molar-refractivity contribution in [2.75, 3.05) is 26.2 Å². The number of ether oxygens (including phenoxy) is 1. The molecule has 1 unspecified atom stereocenters. The van der Waals surface area contributed by atoms with Crippen LogP contribution in [0.15, 0.2) is 24.3 Å². The molecule has 29 heavy (non-hydrogen) atoms. The van der Waals surface area contributed by atoms with Crippen LogP contribution in [0, 0.1) is 11.3 Å². The minimum absolute atomic E-state index is 0.187. The minimum atomic E-state index is -1.02. The molecule has 2 N–H and O–H groups in total. The summed E-state index contributed by atoms with van der Waals surface area (Å²) in [4.78, 5) is 39.2. The third-order valence-corrected chi connectivity index (χ3v) is 4.35. The lowest BCUT2D eigenvalue weighted by Crippen LogP contribution is -2.56. The highest BCUT2D eigenvalue weighted by molar-refractivity contribution is 5.86. The van der Waals surface area contributed by atoms with Gasteiger partial charge in [0.15, 0.2) is 0 Å². The predicted molar refractivity (Wildman–Crippen MR) is 104 cm³/mol. The third-order valence-electron chi connectivity index (χ3n) is 4.35. The van der Waals surface area contributed by atoms with E-state index in [1.54, 1.807) is 45.0 Å². The molecule has 1 aromatic carbocycles. The molecule has 3 amide bonds. The van der Waals surface area contributed by atoms with E-state index in [1.807, 2.05) is 0 Å². The van der Waals surface area contributed by atoms with Crippen LogP contribution >= 0.6 is 0 Å². The molecule has 0 spiro atoms. The van der Waals surface area contributed by atoms with Crippen LogP contribution in [-0.4, -0.2) is 70.8 Å². The van der Waals surface area contributed by atoms with Crippen molar-refractivity contribution in [3.05, 3.63) is 35.4 Å². The van der Waals surface area contributed by atoms with Gasteiger partial charge in [-0.1, -0.05) is 12.1 Å². The zero-order chi connectivity index (χ0) is 21.6. The van der Waals surface area contributed by atoms with Gasteiger partial charge in [-0.2, -0.15) is 5.26 Å². The van der Waals surface area contributed by atoms with Crippen LogP contribution in [0.3, 0.4) is 0 Å². The highest BCUT2D eigenvalue weighted by Gasteiger charge is 2.31. The van der Waals surface area contributed by atoms with Crippen molar-refractivity contribution in [2.45, 2.75) is 38.8 Å². The number of alkyl carbamates (subject to hydrolysis) is 1. The molecule has 156 valence electrons. The lowest BCUT2D eigenvalue weighted by atomic mass is 10.0. The molecule has 0 bridgehead atoms. The number of rotatable bonds is 4. The van der Waals surface area contributed by atoms with Gasteiger partial charge in [-0.05, 0) is 38.5 Å². The monoisotopic (exact) mass is 402 g/mol. The van der Waals surface area contributed by atoms with Crippen molar-refractivity contribution in [3.63, 3.8) is 0 Å². The van der Waals surface area contributed by atoms with Crippen LogP contribution in [0.1, 0.15) is 31.9 Å². The van der Waals surface area contributed by atoms with Crippen LogP contribution in [0.5, 0.6) is 0 Å². The van der Waals surface area contributed by atoms with Gasteiger partial charge in [-0.25, -0.2) is 9.59 Å². The number of carbonyl (C=O) groups is 3. The second-order valence-corrected chi connectivity index (χ2v) is 7.81. The molecule has 9 nitrogen and oxygen atoms in total. The van der Waals surface area contributed by atoms with Crippen LogP contribution in [-0.2, 0) is 16.0 Å². The predicted octanol–water partition coefficient (Wildman–Crippen LogP) is 1.82. The number of piperazine rings is 1. The molecule has 1 aliphatic heterocycles. The molecule has 0 saturated carbocycles. The van der Waals surface area contributed by atoms with Crippen molar-refractivity contribution >= 4 is 18.1 Å². The summed E-state index contributed by atoms with van der Waals surface area (Å²) < 4.78 is 5.28. The number of carbonyl (C=O) groups excluding carboxylic acids is 2. The maximum atomic E-state index is 13.1. The highest BCUT2D eigenvalue weighted by atomic mass is 16.6. The average Bonchev–Trinajstić information content (AvgIpc) is 2.65. The fourth-order valence-electron chi connectivity index (χ4n) is 2.99. The fourth-order valence-corrected chi connectivity index (χ4v) is 2.99. The molecule has 0 aromatic heterocycles. The summed E-state index contributed by atoms with van der Waals surface area (Å²) in [5, 5.41) is 20.8. The van der Waals surface area contributed by atoms with Crippen LogP contribution in [0.2, 0.25) is 0 Å². The third kappa shape index (κ3) is 6.68. The molecule has 0 radical (unpaired) electrons. The van der Waals surface area contributed by atoms with Crippen molar-refractivity contribution in [1.29, 1.82) is 5.26 Å². The van der Waals surface area contributed by atoms with E-state index in [2.05, 4.69) is 11.4 Å². The number of carboxylic acid groups (broad SMARTS) is 1. The van der Waals surface area contributed by atoms with Gasteiger partial charge >= 0.3 is 12.2 Å². The standard InChI is InChI=1S/C20H26N4O5/c1-20(2,3)29-18(26)22-16(12-14-5-4-6-15(11-14)13-21)17(25)23-7-9-24(10-8-23)19(27)28/h4-6,11,16H,7-10,12H2,1-3H3,(H,22,26)(H,27,28). The van der Waals surface area contributed by atoms with E-state index in [4.69, 9.17) is 15.1 Å². The average molecular weight is 402 g/mol. The van der Waals surface area contributed by atoms with E-state index in [9.17, 15) is 14.4 Å². The molecule has 1 atom stereocenters. The van der Waals surface area contributed by atoms with E-state index in [0.717, 1.165) is 5.56 Å². The summed E-state index contributed by atoms with van der Waals surface area (Å²) in [5.41, 5.74) is 0.467. The SMILES string of the molecule is CC(C)(C)OC(=O)NC(Cc1cccc(C#N)c1)C(=O)N1CCN(C(=O)O)CC1. The highest BCUT2D eigenvalue weighted by Crippen LogP contribution is 2.13. The Morgan fingerprint density at radius 3 is 2.38 bits per heavy atom. The zero-order valence-corrected chi connectivity index (χ0v) is 16.8. The molecule has 2 rings (SSSR count). The smallest absolute Gasteiger partial charge is 0.408 e. The second kappa shape index (κ2) is 9.28. The maximum Gasteiger partial charge on any atom is 0.408 e. The van der Waals surface area contributed by atoms with Gasteiger partial charge in [0.2, 0.25) is 5.91 Å². The van der Waals surface area contributed by atoms with Crippen molar-refractivity contribution in [3.8, 4) is 6.07 Å². The van der Waals surface area contributed by atoms with Gasteiger partial charge in [0.1, 0.15) is 11.6 Å². The first-order valence-corrected chi connectivity index (χ1v) is 9.34. The normalized spacial score (nSPS) is 15.2. The quantitative estimate of drug-likeness (QED) is 0.792. The van der Waals surface area contributed by atoms with E-state index in [0.29, 0.717) is 5.56 Å². The molecule has 1 aromatic rings. The van der Waals surface area contributed by atoms with E-state index < -0.39 is 23.8 Å². The van der Waals surface area contributed by atoms with Gasteiger partial charge in [0, 0.05) is 32.6 Å². The number of benzene rings is 1. The van der Waals surface area contributed by atoms with Gasteiger partial charge in [-0.15, -0.1) is 0 Å². The Morgan fingerprint density at radius 2 is 1.83 bits per heavy atom. The van der Waals surface area contributed by atoms with E-state index in [1.165, 1.54) is 9.80 Å². The number of nitrogens with zero attached hydrogens (tertiary/aromatic N) is 3. The van der Waals surface area contributed by atoms with Crippen molar-refractivity contribution in [1.82, 2.24) is 15.1 Å². The lowest BCUT2D eigenvalue weighted by molar-refractivity contribution is -0.135. The number of hydrogen-bond acceptors (Lipinski definition) is 5. The van der Waals surface area contributed by atoms with E-state index >= 15 is 0 Å². The zero-order valence-electron chi connectivity index (χ0n) is 16.8. The molecule has 9 heteroatoms. The number of hydrogen-bond donors (Lipinski definition) is 2. The topological polar surface area (TPSA) is 123 Å². The molecule has 1 aliphatic rings. The Labute approximate surface area is 169 Å². The van der Waals surface area contributed by atoms with Crippen LogP contribution < -0.4 is 5.32 Å². The van der Waals surface area contributed by atoms with Crippen LogP contribution in [0.25, 0.3) is 0 Å². The van der Waals surface area contributed by atoms with Crippen molar-refractivity contribution < 1.29 is 24.2 Å². The maximum absolute atomic E-state index is 13.1. The Balaban J connectivity index is 2.15. The summed E-state index contributed by atoms with van der Waals surface area (Å²) in [5.74, 6) is -0.316. The number of amides is 3. The fraction of sp³-hybridized carbons (Fsp3) is 0.500. The second-order valence-electron chi connectivity index (χ2n) is 7.81. The van der Waals surface area contributed by atoms with Gasteiger partial charge < -0.3 is 25.0 Å². The summed E-state index contributed by atoms with van der Waals surface area (Å²) in [6.45, 7) is 6.10. The van der Waals surface area contributed by atoms with Crippen molar-refractivity contribution in [2.24, 2.45) is 0 Å². The van der Waals surface area contributed by atoms with E-state index in [-0.39, 0.29) is 38.5 Å². The molecule has 1 fully saturated rings. The number of nitriles is 1. The summed E-state index contributed by atoms with van der Waals surface area (Å²) in [6, 6.07) is 7.98. The first kappa shape index (κ1) is 22.0. The van der Waals surface area contributed by atoms with Gasteiger partial charge in [0.25, 0.3) is 0 Å². The Kier molecular flexibility index (Phi) is 7.04. The summed E-state index contributed by atoms with van der Waals surface area (Å²) in [7, 11) is 0. The Bertz CT molecular complexity index is 804. The lowest BCUT2D eigenvalue weighted by Gasteiger charge is -2.35. The summed E-state index contributed by atoms with van der Waals surface area (Å²) >= 11 is 0. The molecular formula is C20H26N4O5. The van der Waals surface area contributed by atoms with Gasteiger partial charge in [-0.3, -0.25) is 4.79 Å². The Hall–Kier alpha value is -3.28. The largest absolute Gasteiger partial charge is 0.465 e. The summed E-state index contributed by atoms with van der Waals surface area (Å²) in [6.07, 6.45) is -1.54. The minimum Gasteiger partial charge on any atom is -0.465 e. The Morgan fingerprint density at radius 1 is 1.21 bits per heavy atom.